The third-order valence-electron chi connectivity index (χ3n) is 3.48. The summed E-state index contributed by atoms with van der Waals surface area (Å²) in [6, 6.07) is 4.09. The lowest BCUT2D eigenvalue weighted by atomic mass is 9.98. The first-order valence-corrected chi connectivity index (χ1v) is 6.99. The molecule has 0 aliphatic carbocycles. The van der Waals surface area contributed by atoms with Gasteiger partial charge in [-0.15, -0.1) is 0 Å². The summed E-state index contributed by atoms with van der Waals surface area (Å²) in [5, 5.41) is 12.5. The van der Waals surface area contributed by atoms with Crippen molar-refractivity contribution in [1.29, 1.82) is 0 Å². The summed E-state index contributed by atoms with van der Waals surface area (Å²) in [5.74, 6) is -0.274. The molecule has 0 saturated heterocycles. The molecule has 4 nitrogen and oxygen atoms in total. The molecule has 0 unspecified atom stereocenters. The second kappa shape index (κ2) is 7.49. The van der Waals surface area contributed by atoms with Crippen LogP contribution in [0.25, 0.3) is 0 Å². The van der Waals surface area contributed by atoms with E-state index in [0.29, 0.717) is 12.8 Å². The molecular weight excluding hydrogens is 299 g/mol. The second-order valence-electron chi connectivity index (χ2n) is 5.02. The largest absolute Gasteiger partial charge is 0.484 e. The molecule has 1 aromatic carbocycles. The van der Waals surface area contributed by atoms with E-state index in [4.69, 9.17) is 4.74 Å². The van der Waals surface area contributed by atoms with Crippen molar-refractivity contribution in [2.75, 3.05) is 13.2 Å². The van der Waals surface area contributed by atoms with Gasteiger partial charge in [0.25, 0.3) is 5.91 Å². The highest BCUT2D eigenvalue weighted by molar-refractivity contribution is 5.77. The number of hydrogen-bond donors (Lipinski definition) is 2. The van der Waals surface area contributed by atoms with Gasteiger partial charge in [-0.1, -0.05) is 13.8 Å². The zero-order valence-electron chi connectivity index (χ0n) is 12.5. The van der Waals surface area contributed by atoms with Gasteiger partial charge in [0, 0.05) is 6.54 Å². The maximum Gasteiger partial charge on any atom is 0.416 e. The van der Waals surface area contributed by atoms with Crippen molar-refractivity contribution >= 4 is 5.91 Å². The number of nitrogens with one attached hydrogen (secondary N) is 1. The monoisotopic (exact) mass is 319 g/mol. The van der Waals surface area contributed by atoms with E-state index in [1.54, 1.807) is 0 Å². The zero-order chi connectivity index (χ0) is 16.8. The number of benzene rings is 1. The minimum absolute atomic E-state index is 0.106. The van der Waals surface area contributed by atoms with Crippen molar-refractivity contribution in [3.05, 3.63) is 29.8 Å². The molecule has 0 aliphatic heterocycles. The van der Waals surface area contributed by atoms with Crippen LogP contribution >= 0.6 is 0 Å². The third kappa shape index (κ3) is 5.55. The summed E-state index contributed by atoms with van der Waals surface area (Å²) in [4.78, 5) is 11.6. The Morgan fingerprint density at radius 2 is 1.73 bits per heavy atom. The van der Waals surface area contributed by atoms with Crippen molar-refractivity contribution in [2.24, 2.45) is 0 Å². The fourth-order valence-corrected chi connectivity index (χ4v) is 1.70. The highest BCUT2D eigenvalue weighted by Gasteiger charge is 2.30. The SMILES string of the molecule is CCC(O)(CC)CNC(=O)COc1ccc(C(F)(F)F)cc1. The molecule has 124 valence electrons. The van der Waals surface area contributed by atoms with Crippen LogP contribution in [0.5, 0.6) is 5.75 Å². The minimum atomic E-state index is -4.40. The van der Waals surface area contributed by atoms with Gasteiger partial charge in [-0.05, 0) is 37.1 Å². The Morgan fingerprint density at radius 3 is 2.18 bits per heavy atom. The number of carbonyl (C=O) groups excluding carboxylic acids is 1. The Hall–Kier alpha value is -1.76. The van der Waals surface area contributed by atoms with Gasteiger partial charge >= 0.3 is 6.18 Å². The quantitative estimate of drug-likeness (QED) is 0.812. The van der Waals surface area contributed by atoms with E-state index in [-0.39, 0.29) is 18.9 Å². The molecule has 0 spiro atoms. The predicted molar refractivity (Wildman–Crippen MR) is 75.5 cm³/mol. The first-order valence-electron chi connectivity index (χ1n) is 6.99. The van der Waals surface area contributed by atoms with Crippen LogP contribution in [0.4, 0.5) is 13.2 Å². The summed E-state index contributed by atoms with van der Waals surface area (Å²) in [6.07, 6.45) is -3.40. The number of ether oxygens (including phenoxy) is 1. The summed E-state index contributed by atoms with van der Waals surface area (Å²) in [6.45, 7) is 3.41. The van der Waals surface area contributed by atoms with Gasteiger partial charge in [0.2, 0.25) is 0 Å². The molecule has 0 aromatic heterocycles. The average molecular weight is 319 g/mol. The van der Waals surface area contributed by atoms with Crippen molar-refractivity contribution in [3.63, 3.8) is 0 Å². The van der Waals surface area contributed by atoms with Crippen LogP contribution in [-0.4, -0.2) is 29.8 Å². The zero-order valence-corrected chi connectivity index (χ0v) is 12.5. The van der Waals surface area contributed by atoms with Crippen molar-refractivity contribution in [1.82, 2.24) is 5.32 Å². The number of amides is 1. The molecule has 0 radical (unpaired) electrons. The van der Waals surface area contributed by atoms with Gasteiger partial charge in [0.15, 0.2) is 6.61 Å². The van der Waals surface area contributed by atoms with Crippen LogP contribution in [0.1, 0.15) is 32.3 Å². The van der Waals surface area contributed by atoms with Gasteiger partial charge in [0.05, 0.1) is 11.2 Å². The molecule has 1 aromatic rings. The van der Waals surface area contributed by atoms with E-state index >= 15 is 0 Å². The highest BCUT2D eigenvalue weighted by atomic mass is 19.4. The normalized spacial score (nSPS) is 12.1. The van der Waals surface area contributed by atoms with Crippen molar-refractivity contribution in [3.8, 4) is 5.75 Å². The van der Waals surface area contributed by atoms with Crippen LogP contribution in [0.15, 0.2) is 24.3 Å². The van der Waals surface area contributed by atoms with Crippen LogP contribution in [0, 0.1) is 0 Å². The standard InChI is InChI=1S/C15H20F3NO3/c1-3-14(21,4-2)10-19-13(20)9-22-12-7-5-11(6-8-12)15(16,17)18/h5-8,21H,3-4,9-10H2,1-2H3,(H,19,20). The van der Waals surface area contributed by atoms with Gasteiger partial charge in [-0.2, -0.15) is 13.2 Å². The first-order chi connectivity index (χ1) is 10.2. The molecule has 0 heterocycles. The summed E-state index contributed by atoms with van der Waals surface area (Å²) in [7, 11) is 0. The third-order valence-corrected chi connectivity index (χ3v) is 3.48. The Morgan fingerprint density at radius 1 is 1.18 bits per heavy atom. The van der Waals surface area contributed by atoms with E-state index in [9.17, 15) is 23.1 Å². The van der Waals surface area contributed by atoms with Crippen LogP contribution in [-0.2, 0) is 11.0 Å². The smallest absolute Gasteiger partial charge is 0.416 e. The van der Waals surface area contributed by atoms with E-state index in [2.05, 4.69) is 5.32 Å². The molecule has 1 amide bonds. The minimum Gasteiger partial charge on any atom is -0.484 e. The maximum absolute atomic E-state index is 12.4. The van der Waals surface area contributed by atoms with E-state index in [0.717, 1.165) is 24.3 Å². The van der Waals surface area contributed by atoms with E-state index in [1.165, 1.54) is 0 Å². The number of halogens is 3. The average Bonchev–Trinajstić information content (AvgIpc) is 2.50. The molecule has 0 saturated carbocycles. The molecule has 0 bridgehead atoms. The summed E-state index contributed by atoms with van der Waals surface area (Å²) >= 11 is 0. The molecule has 22 heavy (non-hydrogen) atoms. The number of alkyl halides is 3. The lowest BCUT2D eigenvalue weighted by Crippen LogP contribution is -2.43. The van der Waals surface area contributed by atoms with E-state index < -0.39 is 23.2 Å². The second-order valence-corrected chi connectivity index (χ2v) is 5.02. The molecule has 7 heteroatoms. The van der Waals surface area contributed by atoms with Gasteiger partial charge < -0.3 is 15.2 Å². The first kappa shape index (κ1) is 18.3. The number of aliphatic hydroxyl groups is 1. The topological polar surface area (TPSA) is 58.6 Å². The van der Waals surface area contributed by atoms with Crippen LogP contribution in [0.3, 0.4) is 0 Å². The van der Waals surface area contributed by atoms with Crippen LogP contribution in [0.2, 0.25) is 0 Å². The number of carbonyl (C=O) groups is 1. The van der Waals surface area contributed by atoms with Gasteiger partial charge in [-0.25, -0.2) is 0 Å². The fourth-order valence-electron chi connectivity index (χ4n) is 1.70. The Balaban J connectivity index is 2.44. The highest BCUT2D eigenvalue weighted by Crippen LogP contribution is 2.30. The lowest BCUT2D eigenvalue weighted by molar-refractivity contribution is -0.137. The van der Waals surface area contributed by atoms with Crippen molar-refractivity contribution in [2.45, 2.75) is 38.5 Å². The molecule has 0 fully saturated rings. The van der Waals surface area contributed by atoms with E-state index in [1.807, 2.05) is 13.8 Å². The number of hydrogen-bond acceptors (Lipinski definition) is 3. The summed E-state index contributed by atoms with van der Waals surface area (Å²) in [5.41, 5.74) is -1.73. The van der Waals surface area contributed by atoms with Crippen LogP contribution < -0.4 is 10.1 Å². The van der Waals surface area contributed by atoms with Gasteiger partial charge in [-0.3, -0.25) is 4.79 Å². The Labute approximate surface area is 127 Å². The van der Waals surface area contributed by atoms with Crippen molar-refractivity contribution < 1.29 is 27.8 Å². The number of rotatable bonds is 7. The predicted octanol–water partition coefficient (Wildman–Crippen LogP) is 2.75. The Bertz CT molecular complexity index is 482. The molecular formula is C15H20F3NO3. The molecule has 0 aliphatic rings. The molecule has 2 N–H and O–H groups in total. The molecule has 1 rings (SSSR count). The lowest BCUT2D eigenvalue weighted by Gasteiger charge is -2.25. The summed E-state index contributed by atoms with van der Waals surface area (Å²) < 4.78 is 42.3. The molecule has 0 atom stereocenters. The fraction of sp³-hybridized carbons (Fsp3) is 0.533. The van der Waals surface area contributed by atoms with Gasteiger partial charge in [0.1, 0.15) is 5.75 Å². The maximum atomic E-state index is 12.4. The Kier molecular flexibility index (Phi) is 6.22.